The Morgan fingerprint density at radius 2 is 2.15 bits per heavy atom. The van der Waals surface area contributed by atoms with Gasteiger partial charge in [-0.15, -0.1) is 0 Å². The Bertz CT molecular complexity index is 1040. The first kappa shape index (κ1) is 17.2. The van der Waals surface area contributed by atoms with Crippen LogP contribution in [-0.2, 0) is 16.1 Å². The van der Waals surface area contributed by atoms with Gasteiger partial charge < -0.3 is 9.88 Å². The monoisotopic (exact) mass is 366 g/mol. The Morgan fingerprint density at radius 3 is 2.96 bits per heavy atom. The Hall–Kier alpha value is -3.22. The number of rotatable bonds is 4. The second kappa shape index (κ2) is 6.83. The van der Waals surface area contributed by atoms with E-state index < -0.39 is 11.7 Å². The number of carbonyl (C=O) groups excluding carboxylic acids is 2. The third-order valence-electron chi connectivity index (χ3n) is 4.71. The molecule has 3 aromatic rings. The van der Waals surface area contributed by atoms with Gasteiger partial charge in [0.1, 0.15) is 5.82 Å². The molecule has 1 aliphatic rings. The number of anilines is 2. The maximum absolute atomic E-state index is 13.5. The summed E-state index contributed by atoms with van der Waals surface area (Å²) >= 11 is 0. The maximum Gasteiger partial charge on any atom is 0.234 e. The van der Waals surface area contributed by atoms with Gasteiger partial charge in [-0.1, -0.05) is 25.1 Å². The lowest BCUT2D eigenvalue weighted by Gasteiger charge is -2.24. The molecule has 0 fully saturated rings. The van der Waals surface area contributed by atoms with E-state index in [2.05, 4.69) is 22.5 Å². The van der Waals surface area contributed by atoms with E-state index in [1.165, 1.54) is 12.1 Å². The van der Waals surface area contributed by atoms with Crippen molar-refractivity contribution in [1.82, 2.24) is 9.55 Å². The second-order valence-corrected chi connectivity index (χ2v) is 6.60. The number of para-hydroxylation sites is 2. The highest BCUT2D eigenvalue weighted by Crippen LogP contribution is 2.33. The molecule has 6 nitrogen and oxygen atoms in total. The zero-order valence-electron chi connectivity index (χ0n) is 14.8. The Kier molecular flexibility index (Phi) is 4.35. The lowest BCUT2D eigenvalue weighted by Crippen LogP contribution is -2.31. The fourth-order valence-electron chi connectivity index (χ4n) is 3.49. The number of hydrogen-bond donors (Lipinski definition) is 2. The van der Waals surface area contributed by atoms with Crippen molar-refractivity contribution in [3.63, 3.8) is 0 Å². The van der Waals surface area contributed by atoms with Gasteiger partial charge in [-0.2, -0.15) is 0 Å². The summed E-state index contributed by atoms with van der Waals surface area (Å²) < 4.78 is 15.4. The van der Waals surface area contributed by atoms with Gasteiger partial charge in [-0.05, 0) is 36.2 Å². The molecule has 4 rings (SSSR count). The van der Waals surface area contributed by atoms with Crippen molar-refractivity contribution in [1.29, 1.82) is 0 Å². The SMILES string of the molecule is CCCn1c(NC(=O)[C@H]2CC(=O)Nc3cc(F)ccc32)nc2ccccc21. The van der Waals surface area contributed by atoms with Crippen LogP contribution < -0.4 is 10.6 Å². The molecule has 0 saturated carbocycles. The number of imidazole rings is 1. The first-order valence-electron chi connectivity index (χ1n) is 8.92. The molecule has 2 aromatic carbocycles. The van der Waals surface area contributed by atoms with Gasteiger partial charge in [0.05, 0.1) is 17.0 Å². The van der Waals surface area contributed by atoms with Crippen LogP contribution in [0, 0.1) is 5.82 Å². The summed E-state index contributed by atoms with van der Waals surface area (Å²) in [5.41, 5.74) is 2.68. The van der Waals surface area contributed by atoms with Crippen LogP contribution in [0.2, 0.25) is 0 Å². The van der Waals surface area contributed by atoms with Crippen LogP contribution in [0.15, 0.2) is 42.5 Å². The molecular weight excluding hydrogens is 347 g/mol. The molecule has 138 valence electrons. The van der Waals surface area contributed by atoms with Crippen molar-refractivity contribution in [2.24, 2.45) is 0 Å². The number of aromatic nitrogens is 2. The molecule has 27 heavy (non-hydrogen) atoms. The molecule has 7 heteroatoms. The van der Waals surface area contributed by atoms with Crippen LogP contribution in [0.3, 0.4) is 0 Å². The summed E-state index contributed by atoms with van der Waals surface area (Å²) in [5, 5.41) is 5.49. The number of amides is 2. The molecule has 0 saturated heterocycles. The lowest BCUT2D eigenvalue weighted by atomic mass is 9.90. The van der Waals surface area contributed by atoms with Crippen LogP contribution in [0.25, 0.3) is 11.0 Å². The average molecular weight is 366 g/mol. The minimum Gasteiger partial charge on any atom is -0.326 e. The summed E-state index contributed by atoms with van der Waals surface area (Å²) in [6, 6.07) is 11.7. The molecule has 2 amide bonds. The molecule has 0 aliphatic carbocycles. The zero-order valence-corrected chi connectivity index (χ0v) is 14.8. The maximum atomic E-state index is 13.5. The van der Waals surface area contributed by atoms with Crippen LogP contribution in [0.1, 0.15) is 31.2 Å². The van der Waals surface area contributed by atoms with E-state index in [1.54, 1.807) is 6.07 Å². The van der Waals surface area contributed by atoms with Crippen LogP contribution in [0.5, 0.6) is 0 Å². The van der Waals surface area contributed by atoms with Crippen LogP contribution in [-0.4, -0.2) is 21.4 Å². The van der Waals surface area contributed by atoms with E-state index in [4.69, 9.17) is 0 Å². The number of hydrogen-bond acceptors (Lipinski definition) is 3. The average Bonchev–Trinajstić information content (AvgIpc) is 2.98. The third kappa shape index (κ3) is 3.16. The van der Waals surface area contributed by atoms with E-state index in [-0.39, 0.29) is 18.2 Å². The Labute approximate surface area is 155 Å². The topological polar surface area (TPSA) is 76.0 Å². The highest BCUT2D eigenvalue weighted by Gasteiger charge is 2.31. The van der Waals surface area contributed by atoms with Crippen molar-refractivity contribution in [2.75, 3.05) is 10.6 Å². The number of aryl methyl sites for hydroxylation is 1. The Balaban J connectivity index is 1.68. The molecule has 1 atom stereocenters. The fraction of sp³-hybridized carbons (Fsp3) is 0.250. The van der Waals surface area contributed by atoms with Crippen molar-refractivity contribution < 1.29 is 14.0 Å². The molecule has 0 radical (unpaired) electrons. The van der Waals surface area contributed by atoms with Crippen molar-refractivity contribution in [2.45, 2.75) is 32.2 Å². The van der Waals surface area contributed by atoms with Gasteiger partial charge in [0, 0.05) is 18.7 Å². The molecule has 1 aromatic heterocycles. The van der Waals surface area contributed by atoms with E-state index in [9.17, 15) is 14.0 Å². The largest absolute Gasteiger partial charge is 0.326 e. The highest BCUT2D eigenvalue weighted by atomic mass is 19.1. The third-order valence-corrected chi connectivity index (χ3v) is 4.71. The smallest absolute Gasteiger partial charge is 0.234 e. The second-order valence-electron chi connectivity index (χ2n) is 6.60. The number of nitrogens with zero attached hydrogens (tertiary/aromatic N) is 2. The van der Waals surface area contributed by atoms with Crippen LogP contribution in [0.4, 0.5) is 16.0 Å². The van der Waals surface area contributed by atoms with Crippen molar-refractivity contribution in [3.05, 3.63) is 53.8 Å². The summed E-state index contributed by atoms with van der Waals surface area (Å²) in [5.74, 6) is -1.33. The highest BCUT2D eigenvalue weighted by molar-refractivity contribution is 6.05. The summed E-state index contributed by atoms with van der Waals surface area (Å²) in [6.45, 7) is 2.76. The van der Waals surface area contributed by atoms with Gasteiger partial charge in [0.2, 0.25) is 17.8 Å². The standard InChI is InChI=1S/C20H19FN4O2/c1-2-9-25-17-6-4-3-5-15(17)23-20(25)24-19(27)14-11-18(26)22-16-10-12(21)7-8-13(14)16/h3-8,10,14H,2,9,11H2,1H3,(H,22,26)(H,23,24,27)/t14-/m0/s1. The van der Waals surface area contributed by atoms with Crippen LogP contribution >= 0.6 is 0 Å². The predicted molar refractivity (Wildman–Crippen MR) is 101 cm³/mol. The minimum absolute atomic E-state index is 0.0124. The van der Waals surface area contributed by atoms with Gasteiger partial charge in [-0.3, -0.25) is 14.9 Å². The molecule has 1 aliphatic heterocycles. The first-order valence-corrected chi connectivity index (χ1v) is 8.92. The normalized spacial score (nSPS) is 16.1. The number of fused-ring (bicyclic) bond motifs is 2. The van der Waals surface area contributed by atoms with E-state index in [1.807, 2.05) is 28.8 Å². The fourth-order valence-corrected chi connectivity index (χ4v) is 3.49. The summed E-state index contributed by atoms with van der Waals surface area (Å²) in [7, 11) is 0. The zero-order chi connectivity index (χ0) is 19.0. The number of benzene rings is 2. The molecule has 0 spiro atoms. The number of halogens is 1. The number of nitrogens with one attached hydrogen (secondary N) is 2. The Morgan fingerprint density at radius 1 is 1.33 bits per heavy atom. The van der Waals surface area contributed by atoms with Gasteiger partial charge in [0.25, 0.3) is 0 Å². The van der Waals surface area contributed by atoms with E-state index in [0.29, 0.717) is 23.7 Å². The first-order chi connectivity index (χ1) is 13.1. The number of carbonyl (C=O) groups is 2. The van der Waals surface area contributed by atoms with Gasteiger partial charge >= 0.3 is 0 Å². The minimum atomic E-state index is -0.691. The quantitative estimate of drug-likeness (QED) is 0.740. The molecule has 0 bridgehead atoms. The summed E-state index contributed by atoms with van der Waals surface area (Å²) in [4.78, 5) is 29.5. The van der Waals surface area contributed by atoms with E-state index >= 15 is 0 Å². The van der Waals surface area contributed by atoms with Gasteiger partial charge in [-0.25, -0.2) is 9.37 Å². The molecule has 2 heterocycles. The molecule has 0 unspecified atom stereocenters. The summed E-state index contributed by atoms with van der Waals surface area (Å²) in [6.07, 6.45) is 0.898. The lowest BCUT2D eigenvalue weighted by molar-refractivity contribution is -0.123. The predicted octanol–water partition coefficient (Wildman–Crippen LogP) is 3.65. The van der Waals surface area contributed by atoms with Crippen molar-refractivity contribution in [3.8, 4) is 0 Å². The molecular formula is C20H19FN4O2. The van der Waals surface area contributed by atoms with E-state index in [0.717, 1.165) is 17.5 Å². The van der Waals surface area contributed by atoms with Crippen molar-refractivity contribution >= 4 is 34.5 Å². The molecule has 2 N–H and O–H groups in total. The van der Waals surface area contributed by atoms with Gasteiger partial charge in [0.15, 0.2) is 0 Å².